The number of amides is 1. The van der Waals surface area contributed by atoms with Gasteiger partial charge in [-0.05, 0) is 18.2 Å². The largest absolute Gasteiger partial charge is 0.470 e. The van der Waals surface area contributed by atoms with Crippen molar-refractivity contribution >= 4 is 21.6 Å². The number of hydrogen-bond donors (Lipinski definition) is 2. The minimum Gasteiger partial charge on any atom is -0.413 e. The molecule has 0 radical (unpaired) electrons. The molecule has 2 aromatic rings. The van der Waals surface area contributed by atoms with Gasteiger partial charge < -0.3 is 9.73 Å². The maximum atomic E-state index is 12.5. The summed E-state index contributed by atoms with van der Waals surface area (Å²) in [6, 6.07) is 3.32. The summed E-state index contributed by atoms with van der Waals surface area (Å²) in [5.41, 5.74) is -0.231. The molecule has 0 unspecified atom stereocenters. The molecule has 3 N–H and O–H groups in total. The number of hydrogen-bond acceptors (Lipinski definition) is 6. The van der Waals surface area contributed by atoms with Gasteiger partial charge in [0.15, 0.2) is 0 Å². The summed E-state index contributed by atoms with van der Waals surface area (Å²) < 4.78 is 65.1. The average molecular weight is 350 g/mol. The normalized spacial score (nSPS) is 12.2. The van der Waals surface area contributed by atoms with Crippen LogP contribution in [-0.2, 0) is 21.0 Å². The highest BCUT2D eigenvalue weighted by atomic mass is 32.2. The van der Waals surface area contributed by atoms with Crippen LogP contribution < -0.4 is 10.5 Å². The molecule has 0 bridgehead atoms. The van der Waals surface area contributed by atoms with Crippen LogP contribution in [0.4, 0.5) is 18.9 Å². The summed E-state index contributed by atoms with van der Waals surface area (Å²) in [6.07, 6.45) is -4.87. The number of carbonyl (C=O) groups excluding carboxylic acids is 1. The number of alkyl halides is 3. The predicted octanol–water partition coefficient (Wildman–Crippen LogP) is 1.36. The molecule has 0 saturated carbocycles. The maximum Gasteiger partial charge on any atom is 0.470 e. The summed E-state index contributed by atoms with van der Waals surface area (Å²) in [5.74, 6) is -2.77. The average Bonchev–Trinajstić information content (AvgIpc) is 2.86. The lowest BCUT2D eigenvalue weighted by Gasteiger charge is -2.08. The van der Waals surface area contributed by atoms with E-state index in [9.17, 15) is 26.4 Å². The second-order valence-corrected chi connectivity index (χ2v) is 5.88. The molecule has 23 heavy (non-hydrogen) atoms. The molecular formula is C11H9F3N4O4S. The SMILES string of the molecule is CC(=O)Nc1ccc(-c2nnc(C(F)(F)F)o2)c(S(N)(=O)=O)c1. The molecule has 1 aromatic carbocycles. The van der Waals surface area contributed by atoms with E-state index < -0.39 is 38.8 Å². The van der Waals surface area contributed by atoms with Gasteiger partial charge in [0.05, 0.1) is 10.5 Å². The lowest BCUT2D eigenvalue weighted by molar-refractivity contribution is -0.157. The molecule has 2 rings (SSSR count). The van der Waals surface area contributed by atoms with Crippen LogP contribution in [0, 0.1) is 0 Å². The van der Waals surface area contributed by atoms with Gasteiger partial charge in [0, 0.05) is 12.6 Å². The number of nitrogens with zero attached hydrogens (tertiary/aromatic N) is 2. The second kappa shape index (κ2) is 5.62. The Hall–Kier alpha value is -2.47. The quantitative estimate of drug-likeness (QED) is 0.860. The Morgan fingerprint density at radius 1 is 1.30 bits per heavy atom. The third-order valence-corrected chi connectivity index (χ3v) is 3.46. The summed E-state index contributed by atoms with van der Waals surface area (Å²) in [6.45, 7) is 1.19. The number of sulfonamides is 1. The van der Waals surface area contributed by atoms with Crippen molar-refractivity contribution in [2.45, 2.75) is 18.0 Å². The molecule has 0 spiro atoms. The first-order valence-corrected chi connectivity index (χ1v) is 7.38. The van der Waals surface area contributed by atoms with Gasteiger partial charge in [-0.1, -0.05) is 0 Å². The zero-order valence-corrected chi connectivity index (χ0v) is 12.2. The predicted molar refractivity (Wildman–Crippen MR) is 70.4 cm³/mol. The zero-order chi connectivity index (χ0) is 17.4. The van der Waals surface area contributed by atoms with Crippen LogP contribution in [0.25, 0.3) is 11.5 Å². The third kappa shape index (κ3) is 3.84. The molecule has 1 heterocycles. The van der Waals surface area contributed by atoms with Crippen LogP contribution in [0.2, 0.25) is 0 Å². The molecule has 12 heteroatoms. The number of carbonyl (C=O) groups is 1. The first-order chi connectivity index (χ1) is 10.5. The maximum absolute atomic E-state index is 12.5. The van der Waals surface area contributed by atoms with E-state index in [0.29, 0.717) is 0 Å². The Bertz CT molecular complexity index is 860. The van der Waals surface area contributed by atoms with Crippen LogP contribution in [0.15, 0.2) is 27.5 Å². The highest BCUT2D eigenvalue weighted by Crippen LogP contribution is 2.33. The van der Waals surface area contributed by atoms with E-state index in [4.69, 9.17) is 5.14 Å². The number of nitrogens with one attached hydrogen (secondary N) is 1. The minimum atomic E-state index is -4.87. The van der Waals surface area contributed by atoms with E-state index in [-0.39, 0.29) is 11.3 Å². The first-order valence-electron chi connectivity index (χ1n) is 5.84. The van der Waals surface area contributed by atoms with E-state index in [1.165, 1.54) is 13.0 Å². The summed E-state index contributed by atoms with van der Waals surface area (Å²) >= 11 is 0. The van der Waals surface area contributed by atoms with Gasteiger partial charge in [0.1, 0.15) is 0 Å². The molecule has 0 saturated heterocycles. The van der Waals surface area contributed by atoms with Gasteiger partial charge in [-0.2, -0.15) is 13.2 Å². The van der Waals surface area contributed by atoms with Crippen molar-refractivity contribution in [2.75, 3.05) is 5.32 Å². The van der Waals surface area contributed by atoms with Crippen molar-refractivity contribution in [3.8, 4) is 11.5 Å². The number of nitrogens with two attached hydrogens (primary N) is 1. The van der Waals surface area contributed by atoms with Gasteiger partial charge in [0.25, 0.3) is 0 Å². The van der Waals surface area contributed by atoms with E-state index in [2.05, 4.69) is 19.9 Å². The van der Waals surface area contributed by atoms with Crippen molar-refractivity contribution in [2.24, 2.45) is 5.14 Å². The van der Waals surface area contributed by atoms with Crippen molar-refractivity contribution in [1.82, 2.24) is 10.2 Å². The number of benzene rings is 1. The van der Waals surface area contributed by atoms with Gasteiger partial charge in [0.2, 0.25) is 21.8 Å². The van der Waals surface area contributed by atoms with Crippen LogP contribution in [0.1, 0.15) is 12.8 Å². The Balaban J connectivity index is 2.58. The lowest BCUT2D eigenvalue weighted by atomic mass is 10.2. The topological polar surface area (TPSA) is 128 Å². The van der Waals surface area contributed by atoms with Crippen molar-refractivity contribution in [3.63, 3.8) is 0 Å². The smallest absolute Gasteiger partial charge is 0.413 e. The van der Waals surface area contributed by atoms with Gasteiger partial charge >= 0.3 is 12.1 Å². The summed E-state index contributed by atoms with van der Waals surface area (Å²) in [7, 11) is -4.33. The molecule has 0 aliphatic heterocycles. The fraction of sp³-hybridized carbons (Fsp3) is 0.182. The Kier molecular flexibility index (Phi) is 4.13. The lowest BCUT2D eigenvalue weighted by Crippen LogP contribution is -2.15. The monoisotopic (exact) mass is 350 g/mol. The Labute approximate surface area is 127 Å². The van der Waals surface area contributed by atoms with Crippen LogP contribution in [0.5, 0.6) is 0 Å². The Morgan fingerprint density at radius 3 is 2.43 bits per heavy atom. The number of anilines is 1. The molecule has 0 aliphatic carbocycles. The van der Waals surface area contributed by atoms with E-state index in [0.717, 1.165) is 12.1 Å². The molecule has 0 aliphatic rings. The first kappa shape index (κ1) is 16.9. The van der Waals surface area contributed by atoms with Crippen LogP contribution >= 0.6 is 0 Å². The highest BCUT2D eigenvalue weighted by Gasteiger charge is 2.38. The highest BCUT2D eigenvalue weighted by molar-refractivity contribution is 7.89. The molecule has 1 amide bonds. The van der Waals surface area contributed by atoms with E-state index >= 15 is 0 Å². The fourth-order valence-electron chi connectivity index (χ4n) is 1.66. The number of halogens is 3. The number of rotatable bonds is 3. The van der Waals surface area contributed by atoms with Crippen LogP contribution in [-0.4, -0.2) is 24.5 Å². The zero-order valence-electron chi connectivity index (χ0n) is 11.4. The van der Waals surface area contributed by atoms with E-state index in [1.54, 1.807) is 0 Å². The third-order valence-electron chi connectivity index (χ3n) is 2.51. The molecule has 0 atom stereocenters. The number of primary sulfonamides is 1. The van der Waals surface area contributed by atoms with Gasteiger partial charge in [-0.3, -0.25) is 4.79 Å². The minimum absolute atomic E-state index is 0.0841. The molecule has 124 valence electrons. The Morgan fingerprint density at radius 2 is 1.96 bits per heavy atom. The van der Waals surface area contributed by atoms with Crippen LogP contribution in [0.3, 0.4) is 0 Å². The van der Waals surface area contributed by atoms with Crippen molar-refractivity contribution < 1.29 is 30.8 Å². The summed E-state index contributed by atoms with van der Waals surface area (Å²) in [4.78, 5) is 10.4. The number of aromatic nitrogens is 2. The molecular weight excluding hydrogens is 341 g/mol. The second-order valence-electron chi connectivity index (χ2n) is 4.35. The summed E-state index contributed by atoms with van der Waals surface area (Å²) in [5, 5.41) is 13.3. The fourth-order valence-corrected chi connectivity index (χ4v) is 2.42. The molecule has 8 nitrogen and oxygen atoms in total. The standard InChI is InChI=1S/C11H9F3N4O4S/c1-5(19)16-6-2-3-7(8(4-6)23(15,20)21)9-17-18-10(22-9)11(12,13)14/h2-4H,1H3,(H,16,19)(H2,15,20,21). The van der Waals surface area contributed by atoms with Crippen molar-refractivity contribution in [1.29, 1.82) is 0 Å². The van der Waals surface area contributed by atoms with E-state index in [1.807, 2.05) is 0 Å². The molecule has 1 aromatic heterocycles. The van der Waals surface area contributed by atoms with Gasteiger partial charge in [-0.15, -0.1) is 10.2 Å². The van der Waals surface area contributed by atoms with Crippen molar-refractivity contribution in [3.05, 3.63) is 24.1 Å². The van der Waals surface area contributed by atoms with Gasteiger partial charge in [-0.25, -0.2) is 13.6 Å². The molecule has 0 fully saturated rings.